The summed E-state index contributed by atoms with van der Waals surface area (Å²) in [7, 11) is 1.85. The molecule has 0 atom stereocenters. The minimum atomic E-state index is 0.481. The average Bonchev–Trinajstić information content (AvgIpc) is 2.93. The molecule has 3 rings (SSSR count). The molecular weight excluding hydrogens is 268 g/mol. The first-order valence-corrected chi connectivity index (χ1v) is 6.30. The molecule has 0 aliphatic heterocycles. The van der Waals surface area contributed by atoms with Crippen molar-refractivity contribution in [3.05, 3.63) is 36.5 Å². The van der Waals surface area contributed by atoms with Gasteiger partial charge in [0.1, 0.15) is 17.3 Å². The number of nitrogens with one attached hydrogen (secondary N) is 1. The van der Waals surface area contributed by atoms with E-state index in [1.807, 2.05) is 20.2 Å². The Labute approximate surface area is 121 Å². The van der Waals surface area contributed by atoms with Crippen molar-refractivity contribution in [2.45, 2.75) is 6.92 Å². The summed E-state index contributed by atoms with van der Waals surface area (Å²) < 4.78 is 1.71. The first-order chi connectivity index (χ1) is 10.2. The molecule has 0 saturated heterocycles. The first kappa shape index (κ1) is 13.1. The standard InChI is InChI=1S/C13H14N8/c1-8-15-4-3-10(17-8)13-18-11(5-12(19-13)20-14)9-6-16-21(2)7-9/h3-7H,14H2,1-2H3,(H,18,19,20). The zero-order valence-electron chi connectivity index (χ0n) is 11.6. The molecule has 106 valence electrons. The monoisotopic (exact) mass is 282 g/mol. The van der Waals surface area contributed by atoms with Crippen LogP contribution >= 0.6 is 0 Å². The minimum absolute atomic E-state index is 0.481. The molecule has 0 saturated carbocycles. The first-order valence-electron chi connectivity index (χ1n) is 6.30. The summed E-state index contributed by atoms with van der Waals surface area (Å²) in [4.78, 5) is 17.3. The summed E-state index contributed by atoms with van der Waals surface area (Å²) >= 11 is 0. The molecule has 0 fully saturated rings. The number of hydrogen-bond donors (Lipinski definition) is 2. The van der Waals surface area contributed by atoms with Crippen molar-refractivity contribution in [3.8, 4) is 22.8 Å². The van der Waals surface area contributed by atoms with E-state index >= 15 is 0 Å². The molecule has 0 amide bonds. The van der Waals surface area contributed by atoms with Crippen LogP contribution in [0.25, 0.3) is 22.8 Å². The van der Waals surface area contributed by atoms with Gasteiger partial charge in [0.25, 0.3) is 0 Å². The van der Waals surface area contributed by atoms with Gasteiger partial charge in [0.05, 0.1) is 11.9 Å². The maximum absolute atomic E-state index is 5.49. The van der Waals surface area contributed by atoms with Gasteiger partial charge < -0.3 is 5.43 Å². The maximum Gasteiger partial charge on any atom is 0.180 e. The summed E-state index contributed by atoms with van der Waals surface area (Å²) in [6.07, 6.45) is 5.28. The summed E-state index contributed by atoms with van der Waals surface area (Å²) in [5.74, 6) is 7.13. The second-order valence-corrected chi connectivity index (χ2v) is 4.50. The van der Waals surface area contributed by atoms with Gasteiger partial charge in [-0.3, -0.25) is 4.68 Å². The van der Waals surface area contributed by atoms with Crippen LogP contribution in [-0.2, 0) is 7.05 Å². The van der Waals surface area contributed by atoms with Gasteiger partial charge >= 0.3 is 0 Å². The lowest BCUT2D eigenvalue weighted by Gasteiger charge is -2.06. The number of aromatic nitrogens is 6. The molecule has 0 bridgehead atoms. The van der Waals surface area contributed by atoms with E-state index in [4.69, 9.17) is 5.84 Å². The van der Waals surface area contributed by atoms with E-state index in [1.54, 1.807) is 29.2 Å². The molecule has 3 aromatic rings. The van der Waals surface area contributed by atoms with Crippen LogP contribution in [0.15, 0.2) is 30.7 Å². The number of aryl methyl sites for hydroxylation is 2. The quantitative estimate of drug-likeness (QED) is 0.543. The zero-order chi connectivity index (χ0) is 14.8. The molecule has 0 radical (unpaired) electrons. The Bertz CT molecular complexity index is 779. The van der Waals surface area contributed by atoms with Crippen LogP contribution in [0.4, 0.5) is 5.82 Å². The number of nitrogen functional groups attached to an aromatic ring is 1. The Morgan fingerprint density at radius 3 is 2.71 bits per heavy atom. The fourth-order valence-corrected chi connectivity index (χ4v) is 1.92. The SMILES string of the molecule is Cc1nccc(-c2nc(NN)cc(-c3cnn(C)c3)n2)n1. The van der Waals surface area contributed by atoms with Crippen LogP contribution in [0.3, 0.4) is 0 Å². The Balaban J connectivity index is 2.13. The highest BCUT2D eigenvalue weighted by Crippen LogP contribution is 2.22. The summed E-state index contributed by atoms with van der Waals surface area (Å²) in [6, 6.07) is 3.52. The molecule has 0 spiro atoms. The molecule has 8 heteroatoms. The number of rotatable bonds is 3. The molecular formula is C13H14N8. The van der Waals surface area contributed by atoms with Crippen molar-refractivity contribution in [2.24, 2.45) is 12.9 Å². The maximum atomic E-state index is 5.49. The predicted molar refractivity (Wildman–Crippen MR) is 77.8 cm³/mol. The van der Waals surface area contributed by atoms with E-state index in [-0.39, 0.29) is 0 Å². The van der Waals surface area contributed by atoms with E-state index in [1.165, 1.54) is 0 Å². The molecule has 0 aliphatic rings. The van der Waals surface area contributed by atoms with Crippen LogP contribution in [-0.4, -0.2) is 29.7 Å². The van der Waals surface area contributed by atoms with E-state index in [9.17, 15) is 0 Å². The molecule has 0 aromatic carbocycles. The molecule has 8 nitrogen and oxygen atoms in total. The van der Waals surface area contributed by atoms with E-state index in [2.05, 4.69) is 30.5 Å². The van der Waals surface area contributed by atoms with E-state index in [0.717, 1.165) is 11.3 Å². The highest BCUT2D eigenvalue weighted by atomic mass is 15.3. The van der Waals surface area contributed by atoms with Crippen molar-refractivity contribution in [2.75, 3.05) is 5.43 Å². The van der Waals surface area contributed by atoms with Crippen LogP contribution in [0.5, 0.6) is 0 Å². The topological polar surface area (TPSA) is 107 Å². The third kappa shape index (κ3) is 2.70. The van der Waals surface area contributed by atoms with Crippen molar-refractivity contribution in [3.63, 3.8) is 0 Å². The van der Waals surface area contributed by atoms with Crippen molar-refractivity contribution in [1.82, 2.24) is 29.7 Å². The third-order valence-electron chi connectivity index (χ3n) is 2.88. The summed E-state index contributed by atoms with van der Waals surface area (Å²) in [5, 5.41) is 4.14. The molecule has 21 heavy (non-hydrogen) atoms. The lowest BCUT2D eigenvalue weighted by atomic mass is 10.2. The predicted octanol–water partition coefficient (Wildman–Crippen LogP) is 0.928. The number of nitrogens with two attached hydrogens (primary N) is 1. The van der Waals surface area contributed by atoms with Crippen molar-refractivity contribution < 1.29 is 0 Å². The smallest absolute Gasteiger partial charge is 0.180 e. The van der Waals surface area contributed by atoms with E-state index < -0.39 is 0 Å². The summed E-state index contributed by atoms with van der Waals surface area (Å²) in [6.45, 7) is 1.82. The van der Waals surface area contributed by atoms with Gasteiger partial charge in [-0.1, -0.05) is 0 Å². The Morgan fingerprint density at radius 1 is 1.19 bits per heavy atom. The summed E-state index contributed by atoms with van der Waals surface area (Å²) in [5.41, 5.74) is 4.79. The van der Waals surface area contributed by atoms with Gasteiger partial charge in [0.15, 0.2) is 5.82 Å². The van der Waals surface area contributed by atoms with Gasteiger partial charge in [0.2, 0.25) is 0 Å². The lowest BCUT2D eigenvalue weighted by Crippen LogP contribution is -2.10. The normalized spacial score (nSPS) is 10.6. The molecule has 3 heterocycles. The van der Waals surface area contributed by atoms with Gasteiger partial charge in [-0.15, -0.1) is 0 Å². The average molecular weight is 282 g/mol. The van der Waals surface area contributed by atoms with Crippen molar-refractivity contribution >= 4 is 5.82 Å². The largest absolute Gasteiger partial charge is 0.308 e. The highest BCUT2D eigenvalue weighted by Gasteiger charge is 2.10. The van der Waals surface area contributed by atoms with Crippen LogP contribution in [0.1, 0.15) is 5.82 Å². The number of hydrazine groups is 1. The van der Waals surface area contributed by atoms with Crippen molar-refractivity contribution in [1.29, 1.82) is 0 Å². The Hall–Kier alpha value is -2.87. The fourth-order valence-electron chi connectivity index (χ4n) is 1.92. The number of hydrogen-bond acceptors (Lipinski definition) is 7. The van der Waals surface area contributed by atoms with Gasteiger partial charge in [-0.25, -0.2) is 25.8 Å². The van der Waals surface area contributed by atoms with Crippen LogP contribution in [0.2, 0.25) is 0 Å². The Kier molecular flexibility index (Phi) is 3.28. The van der Waals surface area contributed by atoms with Crippen LogP contribution in [0, 0.1) is 6.92 Å². The number of nitrogens with zero attached hydrogens (tertiary/aromatic N) is 6. The minimum Gasteiger partial charge on any atom is -0.308 e. The number of anilines is 1. The van der Waals surface area contributed by atoms with Gasteiger partial charge in [-0.2, -0.15) is 5.10 Å². The van der Waals surface area contributed by atoms with Crippen LogP contribution < -0.4 is 11.3 Å². The second kappa shape index (κ2) is 5.25. The third-order valence-corrected chi connectivity index (χ3v) is 2.88. The Morgan fingerprint density at radius 2 is 2.05 bits per heavy atom. The molecule has 3 aromatic heterocycles. The molecule has 0 unspecified atom stereocenters. The highest BCUT2D eigenvalue weighted by molar-refractivity contribution is 5.65. The fraction of sp³-hybridized carbons (Fsp3) is 0.154. The molecule has 3 N–H and O–H groups in total. The lowest BCUT2D eigenvalue weighted by molar-refractivity contribution is 0.768. The van der Waals surface area contributed by atoms with Gasteiger partial charge in [-0.05, 0) is 13.0 Å². The van der Waals surface area contributed by atoms with E-state index in [0.29, 0.717) is 23.2 Å². The second-order valence-electron chi connectivity index (χ2n) is 4.50. The zero-order valence-corrected chi connectivity index (χ0v) is 11.6. The van der Waals surface area contributed by atoms with Gasteiger partial charge in [0, 0.05) is 31.1 Å². The molecule has 0 aliphatic carbocycles.